The number of esters is 1. The number of methoxy groups -OCH3 is 1. The van der Waals surface area contributed by atoms with Crippen LogP contribution in [0.3, 0.4) is 0 Å². The van der Waals surface area contributed by atoms with Gasteiger partial charge >= 0.3 is 5.97 Å². The highest BCUT2D eigenvalue weighted by Gasteiger charge is 2.21. The highest BCUT2D eigenvalue weighted by atomic mass is 35.5. The molecule has 0 aliphatic carbocycles. The number of carbonyl (C=O) groups excluding carboxylic acids is 2. The molecule has 2 aromatic rings. The predicted octanol–water partition coefficient (Wildman–Crippen LogP) is 2.94. The first kappa shape index (κ1) is 20.7. The van der Waals surface area contributed by atoms with Crippen LogP contribution in [0, 0.1) is 0 Å². The zero-order valence-electron chi connectivity index (χ0n) is 14.9. The molecule has 1 atom stereocenters. The van der Waals surface area contributed by atoms with Gasteiger partial charge in [0.2, 0.25) is 0 Å². The lowest BCUT2D eigenvalue weighted by molar-refractivity contribution is -0.123. The quantitative estimate of drug-likeness (QED) is 0.734. The van der Waals surface area contributed by atoms with Crippen LogP contribution in [0.15, 0.2) is 47.4 Å². The SMILES string of the molecule is COc1ccc(Cl)cc1NC(=O)[C@H](C)OC(=O)c1cccc(S(C)(=O)=O)c1. The van der Waals surface area contributed by atoms with Crippen LogP contribution in [-0.2, 0) is 19.4 Å². The molecule has 0 bridgehead atoms. The van der Waals surface area contributed by atoms with Crippen molar-refractivity contribution < 1.29 is 27.5 Å². The maximum absolute atomic E-state index is 12.3. The van der Waals surface area contributed by atoms with E-state index in [1.54, 1.807) is 12.1 Å². The van der Waals surface area contributed by atoms with Crippen LogP contribution >= 0.6 is 11.6 Å². The lowest BCUT2D eigenvalue weighted by Gasteiger charge is -2.15. The molecule has 0 spiro atoms. The van der Waals surface area contributed by atoms with E-state index >= 15 is 0 Å². The molecule has 27 heavy (non-hydrogen) atoms. The van der Waals surface area contributed by atoms with Crippen LogP contribution in [0.4, 0.5) is 5.69 Å². The van der Waals surface area contributed by atoms with Crippen LogP contribution in [0.5, 0.6) is 5.75 Å². The number of hydrogen-bond acceptors (Lipinski definition) is 6. The average molecular weight is 412 g/mol. The lowest BCUT2D eigenvalue weighted by Crippen LogP contribution is -2.30. The Balaban J connectivity index is 2.11. The Morgan fingerprint density at radius 2 is 1.85 bits per heavy atom. The Labute approximate surface area is 162 Å². The minimum Gasteiger partial charge on any atom is -0.495 e. The van der Waals surface area contributed by atoms with E-state index in [0.717, 1.165) is 6.26 Å². The summed E-state index contributed by atoms with van der Waals surface area (Å²) in [5.41, 5.74) is 0.356. The molecule has 0 aliphatic rings. The van der Waals surface area contributed by atoms with Crippen molar-refractivity contribution in [2.45, 2.75) is 17.9 Å². The molecule has 2 aromatic carbocycles. The number of benzene rings is 2. The van der Waals surface area contributed by atoms with Crippen molar-refractivity contribution in [3.63, 3.8) is 0 Å². The first-order valence-electron chi connectivity index (χ1n) is 7.77. The first-order valence-corrected chi connectivity index (χ1v) is 10.0. The molecule has 0 saturated carbocycles. The van der Waals surface area contributed by atoms with Crippen LogP contribution in [0.25, 0.3) is 0 Å². The molecule has 0 fully saturated rings. The summed E-state index contributed by atoms with van der Waals surface area (Å²) in [6.07, 6.45) is -0.102. The largest absolute Gasteiger partial charge is 0.495 e. The summed E-state index contributed by atoms with van der Waals surface area (Å²) in [5, 5.41) is 2.97. The number of ether oxygens (including phenoxy) is 2. The Hall–Kier alpha value is -2.58. The lowest BCUT2D eigenvalue weighted by atomic mass is 10.2. The molecule has 2 rings (SSSR count). The molecule has 0 unspecified atom stereocenters. The van der Waals surface area contributed by atoms with Gasteiger partial charge in [-0.3, -0.25) is 4.79 Å². The van der Waals surface area contributed by atoms with Gasteiger partial charge in [0.15, 0.2) is 15.9 Å². The summed E-state index contributed by atoms with van der Waals surface area (Å²) >= 11 is 5.91. The molecule has 0 heterocycles. The van der Waals surface area contributed by atoms with Gasteiger partial charge in [0.1, 0.15) is 5.75 Å². The van der Waals surface area contributed by atoms with Gasteiger partial charge in [0, 0.05) is 11.3 Å². The third-order valence-electron chi connectivity index (χ3n) is 3.57. The summed E-state index contributed by atoms with van der Waals surface area (Å²) in [5.74, 6) is -1.02. The fraction of sp³-hybridized carbons (Fsp3) is 0.222. The summed E-state index contributed by atoms with van der Waals surface area (Å²) in [7, 11) is -2.03. The molecule has 0 radical (unpaired) electrons. The summed E-state index contributed by atoms with van der Waals surface area (Å²) in [6.45, 7) is 1.39. The Morgan fingerprint density at radius 3 is 2.48 bits per heavy atom. The maximum atomic E-state index is 12.3. The van der Waals surface area contributed by atoms with Crippen LogP contribution in [0.1, 0.15) is 17.3 Å². The zero-order chi connectivity index (χ0) is 20.2. The van der Waals surface area contributed by atoms with E-state index in [2.05, 4.69) is 5.32 Å². The second-order valence-corrected chi connectivity index (χ2v) is 8.13. The topological polar surface area (TPSA) is 98.8 Å². The average Bonchev–Trinajstić information content (AvgIpc) is 2.61. The molecule has 0 aromatic heterocycles. The summed E-state index contributed by atoms with van der Waals surface area (Å²) in [4.78, 5) is 24.5. The van der Waals surface area contributed by atoms with Crippen molar-refractivity contribution in [1.82, 2.24) is 0 Å². The van der Waals surface area contributed by atoms with Gasteiger partial charge < -0.3 is 14.8 Å². The molecule has 0 aliphatic heterocycles. The Kier molecular flexibility index (Phi) is 6.45. The summed E-state index contributed by atoms with van der Waals surface area (Å²) in [6, 6.07) is 10.1. The van der Waals surface area contributed by atoms with Gasteiger partial charge in [0.05, 0.1) is 23.3 Å². The van der Waals surface area contributed by atoms with Crippen molar-refractivity contribution in [1.29, 1.82) is 0 Å². The van der Waals surface area contributed by atoms with E-state index in [4.69, 9.17) is 21.1 Å². The fourth-order valence-corrected chi connectivity index (χ4v) is 2.99. The van der Waals surface area contributed by atoms with Crippen molar-refractivity contribution in [2.24, 2.45) is 0 Å². The minimum atomic E-state index is -3.47. The number of sulfone groups is 1. The van der Waals surface area contributed by atoms with E-state index in [9.17, 15) is 18.0 Å². The molecular formula is C18H18ClNO6S. The normalized spacial score (nSPS) is 12.1. The number of hydrogen-bond donors (Lipinski definition) is 1. The second kappa shape index (κ2) is 8.41. The monoisotopic (exact) mass is 411 g/mol. The second-order valence-electron chi connectivity index (χ2n) is 5.68. The third kappa shape index (κ3) is 5.45. The molecule has 0 saturated heterocycles. The van der Waals surface area contributed by atoms with E-state index in [1.807, 2.05) is 0 Å². The van der Waals surface area contributed by atoms with Crippen molar-refractivity contribution in [3.05, 3.63) is 53.1 Å². The molecule has 144 valence electrons. The number of halogens is 1. The minimum absolute atomic E-state index is 0.0160. The van der Waals surface area contributed by atoms with Crippen molar-refractivity contribution in [3.8, 4) is 5.75 Å². The molecular weight excluding hydrogens is 394 g/mol. The van der Waals surface area contributed by atoms with Crippen LogP contribution in [-0.4, -0.2) is 39.8 Å². The molecule has 1 N–H and O–H groups in total. The van der Waals surface area contributed by atoms with E-state index in [-0.39, 0.29) is 10.5 Å². The number of anilines is 1. The van der Waals surface area contributed by atoms with E-state index in [0.29, 0.717) is 16.5 Å². The standard InChI is InChI=1S/C18H18ClNO6S/c1-11(17(21)20-15-10-13(19)7-8-16(15)25-2)26-18(22)12-5-4-6-14(9-12)27(3,23)24/h4-11H,1-3H3,(H,20,21)/t11-/m0/s1. The highest BCUT2D eigenvalue weighted by Crippen LogP contribution is 2.27. The molecule has 7 nitrogen and oxygen atoms in total. The number of amides is 1. The van der Waals surface area contributed by atoms with Crippen LogP contribution < -0.4 is 10.1 Å². The van der Waals surface area contributed by atoms with Gasteiger partial charge in [-0.05, 0) is 43.3 Å². The van der Waals surface area contributed by atoms with Crippen molar-refractivity contribution >= 4 is 39.0 Å². The van der Waals surface area contributed by atoms with Gasteiger partial charge in [-0.25, -0.2) is 13.2 Å². The molecule has 1 amide bonds. The van der Waals surface area contributed by atoms with Gasteiger partial charge in [-0.15, -0.1) is 0 Å². The number of nitrogens with one attached hydrogen (secondary N) is 1. The fourth-order valence-electron chi connectivity index (χ4n) is 2.15. The van der Waals surface area contributed by atoms with E-state index < -0.39 is 27.8 Å². The van der Waals surface area contributed by atoms with Gasteiger partial charge in [-0.1, -0.05) is 17.7 Å². The smallest absolute Gasteiger partial charge is 0.338 e. The number of carbonyl (C=O) groups is 2. The third-order valence-corrected chi connectivity index (χ3v) is 4.92. The first-order chi connectivity index (χ1) is 12.6. The molecule has 9 heteroatoms. The van der Waals surface area contributed by atoms with E-state index in [1.165, 1.54) is 44.4 Å². The van der Waals surface area contributed by atoms with Crippen LogP contribution in [0.2, 0.25) is 5.02 Å². The number of rotatable bonds is 6. The zero-order valence-corrected chi connectivity index (χ0v) is 16.4. The highest BCUT2D eigenvalue weighted by molar-refractivity contribution is 7.90. The van der Waals surface area contributed by atoms with Gasteiger partial charge in [-0.2, -0.15) is 0 Å². The Morgan fingerprint density at radius 1 is 1.15 bits per heavy atom. The predicted molar refractivity (Wildman–Crippen MR) is 101 cm³/mol. The maximum Gasteiger partial charge on any atom is 0.338 e. The Bertz CT molecular complexity index is 974. The van der Waals surface area contributed by atoms with Crippen molar-refractivity contribution in [2.75, 3.05) is 18.7 Å². The van der Waals surface area contributed by atoms with Gasteiger partial charge in [0.25, 0.3) is 5.91 Å². The summed E-state index contributed by atoms with van der Waals surface area (Å²) < 4.78 is 33.4.